The molecule has 0 unspecified atom stereocenters. The van der Waals surface area contributed by atoms with Crippen molar-refractivity contribution in [3.63, 3.8) is 0 Å². The molecule has 3 aromatic rings. The quantitative estimate of drug-likeness (QED) is 0.698. The molecule has 2 amide bonds. The minimum absolute atomic E-state index is 0.0849. The third kappa shape index (κ3) is 2.88. The van der Waals surface area contributed by atoms with E-state index in [1.54, 1.807) is 17.2 Å². The summed E-state index contributed by atoms with van der Waals surface area (Å²) < 4.78 is 0. The van der Waals surface area contributed by atoms with E-state index in [1.165, 1.54) is 0 Å². The van der Waals surface area contributed by atoms with Crippen LogP contribution in [0.1, 0.15) is 0 Å². The van der Waals surface area contributed by atoms with E-state index in [9.17, 15) is 4.79 Å². The maximum atomic E-state index is 13.1. The van der Waals surface area contributed by atoms with Gasteiger partial charge in [0, 0.05) is 29.5 Å². The molecule has 2 bridgehead atoms. The molecule has 1 atom stereocenters. The maximum Gasteiger partial charge on any atom is 0.329 e. The number of nitrogens with one attached hydrogen (secondary N) is 1. The molecule has 6 nitrogen and oxygen atoms in total. The molecular weight excluding hydrogens is 374 g/mol. The Labute approximate surface area is 167 Å². The summed E-state index contributed by atoms with van der Waals surface area (Å²) in [7, 11) is 0. The van der Waals surface area contributed by atoms with Gasteiger partial charge in [0.1, 0.15) is 5.82 Å². The van der Waals surface area contributed by atoms with Crippen molar-refractivity contribution in [3.05, 3.63) is 78.1 Å². The van der Waals surface area contributed by atoms with E-state index in [-0.39, 0.29) is 12.1 Å². The van der Waals surface area contributed by atoms with Gasteiger partial charge in [-0.25, -0.2) is 14.8 Å². The molecule has 4 heterocycles. The van der Waals surface area contributed by atoms with Gasteiger partial charge >= 0.3 is 6.03 Å². The van der Waals surface area contributed by atoms with Crippen molar-refractivity contribution in [2.24, 2.45) is 0 Å². The van der Waals surface area contributed by atoms with Gasteiger partial charge in [-0.15, -0.1) is 0 Å². The largest absolute Gasteiger partial charge is 0.343 e. The average Bonchev–Trinajstić information content (AvgIpc) is 3.13. The Morgan fingerprint density at radius 3 is 2.89 bits per heavy atom. The van der Waals surface area contributed by atoms with E-state index < -0.39 is 0 Å². The van der Waals surface area contributed by atoms with E-state index in [0.717, 1.165) is 16.9 Å². The number of carbonyl (C=O) groups is 1. The topological polar surface area (TPSA) is 61.4 Å². The summed E-state index contributed by atoms with van der Waals surface area (Å²) in [6.45, 7) is 0.709. The number of hydrogen-bond donors (Lipinski definition) is 1. The molecule has 138 valence electrons. The van der Waals surface area contributed by atoms with Crippen LogP contribution < -0.4 is 15.1 Å². The van der Waals surface area contributed by atoms with Crippen LogP contribution in [-0.2, 0) is 0 Å². The number of fused-ring (bicyclic) bond motifs is 4. The van der Waals surface area contributed by atoms with Crippen LogP contribution in [0.25, 0.3) is 11.3 Å². The van der Waals surface area contributed by atoms with E-state index in [0.29, 0.717) is 23.2 Å². The third-order valence-electron chi connectivity index (χ3n) is 4.83. The molecule has 0 saturated heterocycles. The second kappa shape index (κ2) is 6.65. The molecule has 5 rings (SSSR count). The lowest BCUT2D eigenvalue weighted by Gasteiger charge is -2.35. The van der Waals surface area contributed by atoms with Crippen LogP contribution in [0, 0.1) is 0 Å². The predicted octanol–water partition coefficient (Wildman–Crippen LogP) is 4.55. The zero-order valence-corrected chi connectivity index (χ0v) is 15.5. The summed E-state index contributed by atoms with van der Waals surface area (Å²) in [5.41, 5.74) is 2.56. The van der Waals surface area contributed by atoms with Gasteiger partial charge in [-0.2, -0.15) is 0 Å². The van der Waals surface area contributed by atoms with Gasteiger partial charge in [0.2, 0.25) is 0 Å². The number of anilines is 3. The van der Waals surface area contributed by atoms with Crippen molar-refractivity contribution in [1.82, 2.24) is 9.97 Å². The second-order valence-corrected chi connectivity index (χ2v) is 7.06. The fourth-order valence-electron chi connectivity index (χ4n) is 3.53. The molecule has 0 saturated carbocycles. The van der Waals surface area contributed by atoms with E-state index in [2.05, 4.69) is 15.2 Å². The van der Waals surface area contributed by atoms with Crippen molar-refractivity contribution >= 4 is 35.0 Å². The zero-order chi connectivity index (χ0) is 19.1. The minimum Gasteiger partial charge on any atom is -0.343 e. The van der Waals surface area contributed by atoms with Crippen molar-refractivity contribution < 1.29 is 4.79 Å². The first-order valence-electron chi connectivity index (χ1n) is 8.92. The molecule has 1 aromatic carbocycles. The Bertz CT molecular complexity index is 1090. The molecule has 2 aromatic heterocycles. The number of hydrogen-bond acceptors (Lipinski definition) is 4. The van der Waals surface area contributed by atoms with Gasteiger partial charge in [0.05, 0.1) is 17.4 Å². The number of pyridine rings is 2. The standard InChI is InChI=1S/C21H16ClN5O/c22-15-5-3-4-14(12-15)17-7-8-18-20(24-17)27(16-9-11-26(18)13-16)21(28)25-19-6-1-2-10-23-19/h1-12,16H,13H2,(H,23,25,28)/t16-/m0/s1. The molecule has 1 N–H and O–H groups in total. The molecule has 2 aliphatic rings. The molecule has 0 aliphatic carbocycles. The Morgan fingerprint density at radius 1 is 1.14 bits per heavy atom. The Hall–Kier alpha value is -3.38. The highest BCUT2D eigenvalue weighted by molar-refractivity contribution is 6.30. The number of aromatic nitrogens is 2. The van der Waals surface area contributed by atoms with Gasteiger partial charge in [0.15, 0.2) is 5.82 Å². The summed E-state index contributed by atoms with van der Waals surface area (Å²) in [6, 6.07) is 16.5. The van der Waals surface area contributed by atoms with E-state index in [4.69, 9.17) is 16.6 Å². The number of benzene rings is 1. The van der Waals surface area contributed by atoms with Crippen LogP contribution >= 0.6 is 11.6 Å². The monoisotopic (exact) mass is 389 g/mol. The van der Waals surface area contributed by atoms with E-state index in [1.807, 2.05) is 60.8 Å². The van der Waals surface area contributed by atoms with Crippen molar-refractivity contribution in [2.75, 3.05) is 21.7 Å². The SMILES string of the molecule is O=C(Nc1ccccn1)N1c2nc(-c3cccc(Cl)c3)ccc2N2C=C[C@H]1C2. The zero-order valence-electron chi connectivity index (χ0n) is 14.8. The first kappa shape index (κ1) is 16.8. The van der Waals surface area contributed by atoms with Crippen LogP contribution in [0.4, 0.5) is 22.1 Å². The van der Waals surface area contributed by atoms with Crippen molar-refractivity contribution in [3.8, 4) is 11.3 Å². The Kier molecular flexibility index (Phi) is 3.98. The fourth-order valence-corrected chi connectivity index (χ4v) is 3.72. The molecule has 0 fully saturated rings. The summed E-state index contributed by atoms with van der Waals surface area (Å²) in [5.74, 6) is 1.12. The first-order chi connectivity index (χ1) is 13.7. The number of amides is 2. The van der Waals surface area contributed by atoms with Gasteiger partial charge < -0.3 is 4.90 Å². The lowest BCUT2D eigenvalue weighted by Crippen LogP contribution is -2.48. The number of nitrogens with zero attached hydrogens (tertiary/aromatic N) is 4. The number of carbonyl (C=O) groups excluding carboxylic acids is 1. The lowest BCUT2D eigenvalue weighted by atomic mass is 10.1. The van der Waals surface area contributed by atoms with Crippen molar-refractivity contribution in [1.29, 1.82) is 0 Å². The highest BCUT2D eigenvalue weighted by Crippen LogP contribution is 2.39. The highest BCUT2D eigenvalue weighted by Gasteiger charge is 2.37. The second-order valence-electron chi connectivity index (χ2n) is 6.63. The maximum absolute atomic E-state index is 13.1. The Balaban J connectivity index is 1.55. The molecule has 0 spiro atoms. The smallest absolute Gasteiger partial charge is 0.329 e. The Morgan fingerprint density at radius 2 is 2.07 bits per heavy atom. The van der Waals surface area contributed by atoms with Gasteiger partial charge in [0.25, 0.3) is 0 Å². The third-order valence-corrected chi connectivity index (χ3v) is 5.07. The molecule has 2 aliphatic heterocycles. The van der Waals surface area contributed by atoms with Gasteiger partial charge in [-0.3, -0.25) is 10.2 Å². The molecular formula is C21H16ClN5O. The van der Waals surface area contributed by atoms with Crippen molar-refractivity contribution in [2.45, 2.75) is 6.04 Å². The number of halogens is 1. The highest BCUT2D eigenvalue weighted by atomic mass is 35.5. The van der Waals surface area contributed by atoms with E-state index >= 15 is 0 Å². The lowest BCUT2D eigenvalue weighted by molar-refractivity contribution is 0.255. The predicted molar refractivity (Wildman–Crippen MR) is 111 cm³/mol. The van der Waals surface area contributed by atoms with Crippen LogP contribution in [0.2, 0.25) is 5.02 Å². The van der Waals surface area contributed by atoms with Crippen LogP contribution in [0.5, 0.6) is 0 Å². The van der Waals surface area contributed by atoms with Crippen LogP contribution in [0.15, 0.2) is 73.1 Å². The van der Waals surface area contributed by atoms with Crippen LogP contribution in [-0.4, -0.2) is 28.6 Å². The normalized spacial score (nSPS) is 16.8. The number of urea groups is 1. The molecule has 28 heavy (non-hydrogen) atoms. The number of rotatable bonds is 2. The fraction of sp³-hybridized carbons (Fsp3) is 0.0952. The summed E-state index contributed by atoms with van der Waals surface area (Å²) in [6.07, 6.45) is 5.66. The average molecular weight is 390 g/mol. The van der Waals surface area contributed by atoms with Gasteiger partial charge in [-0.1, -0.05) is 29.8 Å². The molecule has 0 radical (unpaired) electrons. The first-order valence-corrected chi connectivity index (χ1v) is 9.30. The molecule has 7 heteroatoms. The van der Waals surface area contributed by atoms with Crippen LogP contribution in [0.3, 0.4) is 0 Å². The summed E-state index contributed by atoms with van der Waals surface area (Å²) in [4.78, 5) is 25.9. The minimum atomic E-state index is -0.258. The summed E-state index contributed by atoms with van der Waals surface area (Å²) >= 11 is 6.14. The summed E-state index contributed by atoms with van der Waals surface area (Å²) in [5, 5.41) is 3.51. The van der Waals surface area contributed by atoms with Gasteiger partial charge in [-0.05, 0) is 42.5 Å².